The molecule has 0 aromatic carbocycles. The zero-order valence-corrected chi connectivity index (χ0v) is 4.77. The first kappa shape index (κ1) is 6.19. The van der Waals surface area contributed by atoms with E-state index in [4.69, 9.17) is 0 Å². The van der Waals surface area contributed by atoms with Gasteiger partial charge in [-0.25, -0.2) is 13.8 Å². The van der Waals surface area contributed by atoms with Crippen molar-refractivity contribution < 1.29 is 13.2 Å². The molecule has 0 aliphatic carbocycles. The Bertz CT molecular complexity index is 197. The summed E-state index contributed by atoms with van der Waals surface area (Å²) in [5.74, 6) is 0.185. The second-order valence-electron chi connectivity index (χ2n) is 1.59. The number of alkyl halides is 2. The molecule has 0 saturated heterocycles. The van der Waals surface area contributed by atoms with Crippen LogP contribution < -0.4 is 0 Å². The minimum Gasteiger partial charge on any atom is -0.448 e. The Hall–Kier alpha value is -0.930. The Morgan fingerprint density at radius 3 is 2.56 bits per heavy atom. The van der Waals surface area contributed by atoms with Crippen LogP contribution in [0, 0.1) is 6.92 Å². The number of halogens is 2. The molecular formula is C5H5F2NO. The summed E-state index contributed by atoms with van der Waals surface area (Å²) in [6, 6.07) is 0. The van der Waals surface area contributed by atoms with Crippen molar-refractivity contribution in [3.8, 4) is 0 Å². The van der Waals surface area contributed by atoms with Crippen molar-refractivity contribution in [2.24, 2.45) is 0 Å². The highest BCUT2D eigenvalue weighted by Crippen LogP contribution is 2.19. The number of aryl methyl sites for hydroxylation is 1. The van der Waals surface area contributed by atoms with E-state index in [0.29, 0.717) is 0 Å². The van der Waals surface area contributed by atoms with E-state index in [-0.39, 0.29) is 11.5 Å². The van der Waals surface area contributed by atoms with Crippen LogP contribution in [0.15, 0.2) is 10.8 Å². The molecule has 0 bridgehead atoms. The molecule has 2 nitrogen and oxygen atoms in total. The molecule has 1 rings (SSSR count). The van der Waals surface area contributed by atoms with Crippen molar-refractivity contribution in [2.75, 3.05) is 0 Å². The van der Waals surface area contributed by atoms with Gasteiger partial charge in [0.25, 0.3) is 6.43 Å². The third-order valence-corrected chi connectivity index (χ3v) is 0.989. The summed E-state index contributed by atoms with van der Waals surface area (Å²) in [4.78, 5) is 3.30. The summed E-state index contributed by atoms with van der Waals surface area (Å²) >= 11 is 0. The molecule has 0 saturated carbocycles. The summed E-state index contributed by atoms with van der Waals surface area (Å²) in [5, 5.41) is 0. The van der Waals surface area contributed by atoms with Crippen LogP contribution in [0.4, 0.5) is 8.78 Å². The molecule has 1 aromatic heterocycles. The third kappa shape index (κ3) is 1.06. The minimum atomic E-state index is -2.52. The molecule has 0 atom stereocenters. The molecule has 0 radical (unpaired) electrons. The van der Waals surface area contributed by atoms with Crippen LogP contribution in [-0.2, 0) is 0 Å². The Morgan fingerprint density at radius 2 is 2.33 bits per heavy atom. The molecule has 1 heterocycles. The van der Waals surface area contributed by atoms with E-state index in [0.717, 1.165) is 6.39 Å². The van der Waals surface area contributed by atoms with Gasteiger partial charge in [0.05, 0.1) is 0 Å². The molecule has 0 unspecified atom stereocenters. The highest BCUT2D eigenvalue weighted by atomic mass is 19.3. The van der Waals surface area contributed by atoms with Gasteiger partial charge in [0.15, 0.2) is 6.39 Å². The summed E-state index contributed by atoms with van der Waals surface area (Å²) in [7, 11) is 0. The highest BCUT2D eigenvalue weighted by molar-refractivity contribution is 5.05. The lowest BCUT2D eigenvalue weighted by atomic mass is 10.4. The second kappa shape index (κ2) is 2.13. The van der Waals surface area contributed by atoms with Gasteiger partial charge < -0.3 is 4.42 Å². The van der Waals surface area contributed by atoms with Crippen LogP contribution in [0.5, 0.6) is 0 Å². The largest absolute Gasteiger partial charge is 0.448 e. The first-order valence-electron chi connectivity index (χ1n) is 2.40. The van der Waals surface area contributed by atoms with Gasteiger partial charge in [-0.15, -0.1) is 0 Å². The fourth-order valence-corrected chi connectivity index (χ4v) is 0.523. The topological polar surface area (TPSA) is 26.0 Å². The van der Waals surface area contributed by atoms with Crippen LogP contribution in [-0.4, -0.2) is 4.98 Å². The average Bonchev–Trinajstić information content (AvgIpc) is 2.13. The normalized spacial score (nSPS) is 10.7. The lowest BCUT2D eigenvalue weighted by molar-refractivity contribution is 0.145. The molecule has 0 spiro atoms. The van der Waals surface area contributed by atoms with E-state index in [1.807, 2.05) is 0 Å². The van der Waals surface area contributed by atoms with Gasteiger partial charge in [-0.1, -0.05) is 0 Å². The second-order valence-corrected chi connectivity index (χ2v) is 1.59. The minimum absolute atomic E-state index is 0.185. The predicted octanol–water partition coefficient (Wildman–Crippen LogP) is 1.92. The number of aromatic nitrogens is 1. The zero-order valence-electron chi connectivity index (χ0n) is 4.77. The van der Waals surface area contributed by atoms with Crippen molar-refractivity contribution in [3.63, 3.8) is 0 Å². The summed E-state index contributed by atoms with van der Waals surface area (Å²) in [6.07, 6.45) is -1.51. The van der Waals surface area contributed by atoms with Crippen LogP contribution >= 0.6 is 0 Å². The number of hydrogen-bond donors (Lipinski definition) is 0. The summed E-state index contributed by atoms with van der Waals surface area (Å²) in [6.45, 7) is 1.45. The van der Waals surface area contributed by atoms with E-state index in [1.165, 1.54) is 6.92 Å². The molecular weight excluding hydrogens is 128 g/mol. The molecule has 0 N–H and O–H groups in total. The highest BCUT2D eigenvalue weighted by Gasteiger charge is 2.13. The van der Waals surface area contributed by atoms with Gasteiger partial charge in [0, 0.05) is 0 Å². The van der Waals surface area contributed by atoms with Gasteiger partial charge in [-0.2, -0.15) is 0 Å². The molecule has 4 heteroatoms. The summed E-state index contributed by atoms with van der Waals surface area (Å²) in [5.41, 5.74) is -0.269. The molecule has 0 aliphatic rings. The maximum absolute atomic E-state index is 11.7. The van der Waals surface area contributed by atoms with Crippen molar-refractivity contribution >= 4 is 0 Å². The molecule has 0 aliphatic heterocycles. The van der Waals surface area contributed by atoms with Crippen LogP contribution in [0.25, 0.3) is 0 Å². The number of nitrogens with zero attached hydrogens (tertiary/aromatic N) is 1. The number of rotatable bonds is 1. The van der Waals surface area contributed by atoms with Crippen LogP contribution in [0.3, 0.4) is 0 Å². The van der Waals surface area contributed by atoms with Gasteiger partial charge >= 0.3 is 0 Å². The number of hydrogen-bond acceptors (Lipinski definition) is 2. The van der Waals surface area contributed by atoms with Gasteiger partial charge in [0.1, 0.15) is 11.5 Å². The average molecular weight is 133 g/mol. The first-order chi connectivity index (χ1) is 4.22. The lowest BCUT2D eigenvalue weighted by Gasteiger charge is -1.89. The SMILES string of the molecule is Cc1ocnc1C(F)F. The van der Waals surface area contributed by atoms with E-state index in [9.17, 15) is 8.78 Å². The molecule has 1 aromatic rings. The van der Waals surface area contributed by atoms with Crippen LogP contribution in [0.2, 0.25) is 0 Å². The van der Waals surface area contributed by atoms with Crippen molar-refractivity contribution in [2.45, 2.75) is 13.3 Å². The Balaban J connectivity index is 2.94. The quantitative estimate of drug-likeness (QED) is 0.584. The molecule has 0 amide bonds. The van der Waals surface area contributed by atoms with Crippen molar-refractivity contribution in [1.29, 1.82) is 0 Å². The van der Waals surface area contributed by atoms with Crippen molar-refractivity contribution in [1.82, 2.24) is 4.98 Å². The van der Waals surface area contributed by atoms with E-state index in [2.05, 4.69) is 9.40 Å². The smallest absolute Gasteiger partial charge is 0.283 e. The van der Waals surface area contributed by atoms with Gasteiger partial charge in [-0.05, 0) is 6.92 Å². The molecule has 9 heavy (non-hydrogen) atoms. The Kier molecular flexibility index (Phi) is 1.46. The predicted molar refractivity (Wildman–Crippen MR) is 26.2 cm³/mol. The third-order valence-electron chi connectivity index (χ3n) is 0.989. The molecule has 50 valence electrons. The lowest BCUT2D eigenvalue weighted by Crippen LogP contribution is -1.85. The Labute approximate surface area is 50.5 Å². The standard InChI is InChI=1S/C5H5F2NO/c1-3-4(5(6)7)8-2-9-3/h2,5H,1H3. The maximum atomic E-state index is 11.7. The first-order valence-corrected chi connectivity index (χ1v) is 2.40. The molecule has 0 fully saturated rings. The van der Waals surface area contributed by atoms with Gasteiger partial charge in [-0.3, -0.25) is 0 Å². The van der Waals surface area contributed by atoms with E-state index < -0.39 is 6.43 Å². The van der Waals surface area contributed by atoms with Crippen LogP contribution in [0.1, 0.15) is 17.9 Å². The van der Waals surface area contributed by atoms with Gasteiger partial charge in [0.2, 0.25) is 0 Å². The number of oxazole rings is 1. The Morgan fingerprint density at radius 1 is 1.67 bits per heavy atom. The monoisotopic (exact) mass is 133 g/mol. The fraction of sp³-hybridized carbons (Fsp3) is 0.400. The maximum Gasteiger partial charge on any atom is 0.283 e. The van der Waals surface area contributed by atoms with Crippen molar-refractivity contribution in [3.05, 3.63) is 17.8 Å². The zero-order chi connectivity index (χ0) is 6.85. The van der Waals surface area contributed by atoms with E-state index >= 15 is 0 Å². The van der Waals surface area contributed by atoms with E-state index in [1.54, 1.807) is 0 Å². The fourth-order valence-electron chi connectivity index (χ4n) is 0.523. The summed E-state index contributed by atoms with van der Waals surface area (Å²) < 4.78 is 28.0.